The first-order chi connectivity index (χ1) is 7.72. The van der Waals surface area contributed by atoms with Gasteiger partial charge in [-0.2, -0.15) is 0 Å². The summed E-state index contributed by atoms with van der Waals surface area (Å²) in [5, 5.41) is 0. The summed E-state index contributed by atoms with van der Waals surface area (Å²) in [5.74, 6) is 5.95. The minimum Gasteiger partial charge on any atom is -0.399 e. The van der Waals surface area contributed by atoms with Gasteiger partial charge in [-0.25, -0.2) is 0 Å². The Labute approximate surface area is 96.9 Å². The summed E-state index contributed by atoms with van der Waals surface area (Å²) in [6.07, 6.45) is 2.58. The van der Waals surface area contributed by atoms with Gasteiger partial charge >= 0.3 is 0 Å². The second-order valence-electron chi connectivity index (χ2n) is 3.71. The van der Waals surface area contributed by atoms with Crippen LogP contribution in [0.4, 0.5) is 5.69 Å². The standard InChI is InChI=1S/C14H17NO/c1-2-3-4-8-14(16)10-9-12-6-5-7-13(15)11-12/h5-7,11H,4,8-10,15H2,1H3. The summed E-state index contributed by atoms with van der Waals surface area (Å²) in [5.41, 5.74) is 7.53. The molecule has 84 valence electrons. The Kier molecular flexibility index (Phi) is 5.15. The molecule has 0 bridgehead atoms. The van der Waals surface area contributed by atoms with E-state index in [2.05, 4.69) is 11.8 Å². The number of anilines is 1. The van der Waals surface area contributed by atoms with Crippen molar-refractivity contribution in [2.24, 2.45) is 0 Å². The van der Waals surface area contributed by atoms with Gasteiger partial charge < -0.3 is 5.73 Å². The lowest BCUT2D eigenvalue weighted by molar-refractivity contribution is -0.118. The van der Waals surface area contributed by atoms with E-state index in [0.717, 1.165) is 17.7 Å². The highest BCUT2D eigenvalue weighted by Crippen LogP contribution is 2.09. The van der Waals surface area contributed by atoms with Crippen LogP contribution in [0.15, 0.2) is 24.3 Å². The molecule has 0 atom stereocenters. The maximum atomic E-state index is 11.5. The van der Waals surface area contributed by atoms with Crippen molar-refractivity contribution in [1.82, 2.24) is 0 Å². The average molecular weight is 215 g/mol. The van der Waals surface area contributed by atoms with Gasteiger partial charge in [0.05, 0.1) is 0 Å². The lowest BCUT2D eigenvalue weighted by Crippen LogP contribution is -2.00. The van der Waals surface area contributed by atoms with E-state index in [1.165, 1.54) is 0 Å². The van der Waals surface area contributed by atoms with Crippen molar-refractivity contribution >= 4 is 11.5 Å². The van der Waals surface area contributed by atoms with Crippen LogP contribution in [0.5, 0.6) is 0 Å². The number of nitrogen functional groups attached to an aromatic ring is 1. The predicted octanol–water partition coefficient (Wildman–Crippen LogP) is 2.57. The second-order valence-corrected chi connectivity index (χ2v) is 3.71. The van der Waals surface area contributed by atoms with Crippen LogP contribution in [0, 0.1) is 11.8 Å². The molecule has 0 fully saturated rings. The molecular weight excluding hydrogens is 198 g/mol. The van der Waals surface area contributed by atoms with Gasteiger partial charge in [0.1, 0.15) is 5.78 Å². The van der Waals surface area contributed by atoms with Gasteiger partial charge in [-0.3, -0.25) is 4.79 Å². The normalized spacial score (nSPS) is 9.31. The Bertz CT molecular complexity index is 412. The van der Waals surface area contributed by atoms with Crippen molar-refractivity contribution in [2.45, 2.75) is 32.6 Å². The maximum Gasteiger partial charge on any atom is 0.134 e. The zero-order valence-corrected chi connectivity index (χ0v) is 9.62. The molecule has 2 nitrogen and oxygen atoms in total. The number of Topliss-reactive ketones (excluding diaryl/α,β-unsaturated/α-hetero) is 1. The molecule has 0 aromatic heterocycles. The number of carbonyl (C=O) groups is 1. The van der Waals surface area contributed by atoms with Crippen molar-refractivity contribution in [3.63, 3.8) is 0 Å². The molecule has 2 heteroatoms. The molecule has 0 amide bonds. The summed E-state index contributed by atoms with van der Waals surface area (Å²) < 4.78 is 0. The highest BCUT2D eigenvalue weighted by Gasteiger charge is 2.01. The van der Waals surface area contributed by atoms with E-state index < -0.39 is 0 Å². The van der Waals surface area contributed by atoms with Gasteiger partial charge in [-0.15, -0.1) is 11.8 Å². The Morgan fingerprint density at radius 3 is 2.88 bits per heavy atom. The molecule has 0 heterocycles. The van der Waals surface area contributed by atoms with E-state index in [0.29, 0.717) is 19.3 Å². The van der Waals surface area contributed by atoms with Gasteiger partial charge in [-0.1, -0.05) is 12.1 Å². The minimum atomic E-state index is 0.269. The Morgan fingerprint density at radius 2 is 2.19 bits per heavy atom. The summed E-state index contributed by atoms with van der Waals surface area (Å²) in [6, 6.07) is 7.68. The summed E-state index contributed by atoms with van der Waals surface area (Å²) in [7, 11) is 0. The van der Waals surface area contributed by atoms with Crippen LogP contribution in [-0.4, -0.2) is 5.78 Å². The third-order valence-electron chi connectivity index (χ3n) is 2.35. The molecule has 0 radical (unpaired) electrons. The fourth-order valence-electron chi connectivity index (χ4n) is 1.48. The summed E-state index contributed by atoms with van der Waals surface area (Å²) in [4.78, 5) is 11.5. The lowest BCUT2D eigenvalue weighted by Gasteiger charge is -2.01. The number of nitrogens with two attached hydrogens (primary N) is 1. The zero-order chi connectivity index (χ0) is 11.8. The molecule has 1 aromatic rings. The second kappa shape index (κ2) is 6.68. The molecule has 1 aromatic carbocycles. The average Bonchev–Trinajstić information content (AvgIpc) is 2.27. The maximum absolute atomic E-state index is 11.5. The fraction of sp³-hybridized carbons (Fsp3) is 0.357. The van der Waals surface area contributed by atoms with E-state index in [-0.39, 0.29) is 5.78 Å². The predicted molar refractivity (Wildman–Crippen MR) is 66.9 cm³/mol. The van der Waals surface area contributed by atoms with E-state index in [1.807, 2.05) is 24.3 Å². The third-order valence-corrected chi connectivity index (χ3v) is 2.35. The van der Waals surface area contributed by atoms with Gasteiger partial charge in [0.15, 0.2) is 0 Å². The minimum absolute atomic E-state index is 0.269. The van der Waals surface area contributed by atoms with Crippen LogP contribution in [0.25, 0.3) is 0 Å². The molecular formula is C14H17NO. The van der Waals surface area contributed by atoms with Crippen LogP contribution in [0.3, 0.4) is 0 Å². The summed E-state index contributed by atoms with van der Waals surface area (Å²) in [6.45, 7) is 1.79. The number of hydrogen-bond donors (Lipinski definition) is 1. The van der Waals surface area contributed by atoms with Crippen LogP contribution < -0.4 is 5.73 Å². The van der Waals surface area contributed by atoms with E-state index in [4.69, 9.17) is 5.73 Å². The number of ketones is 1. The first kappa shape index (κ1) is 12.3. The molecule has 2 N–H and O–H groups in total. The smallest absolute Gasteiger partial charge is 0.134 e. The van der Waals surface area contributed by atoms with Crippen LogP contribution in [0.1, 0.15) is 31.7 Å². The third kappa shape index (κ3) is 4.65. The molecule has 0 aliphatic rings. The highest BCUT2D eigenvalue weighted by molar-refractivity contribution is 5.78. The van der Waals surface area contributed by atoms with Crippen molar-refractivity contribution in [1.29, 1.82) is 0 Å². The van der Waals surface area contributed by atoms with E-state index in [1.54, 1.807) is 6.92 Å². The topological polar surface area (TPSA) is 43.1 Å². The first-order valence-corrected chi connectivity index (χ1v) is 5.48. The zero-order valence-electron chi connectivity index (χ0n) is 9.62. The molecule has 0 saturated heterocycles. The highest BCUT2D eigenvalue weighted by atomic mass is 16.1. The molecule has 0 aliphatic carbocycles. The van der Waals surface area contributed by atoms with Crippen molar-refractivity contribution < 1.29 is 4.79 Å². The lowest BCUT2D eigenvalue weighted by atomic mass is 10.0. The Balaban J connectivity index is 2.33. The molecule has 1 rings (SSSR count). The fourth-order valence-corrected chi connectivity index (χ4v) is 1.48. The van der Waals surface area contributed by atoms with E-state index in [9.17, 15) is 4.79 Å². The van der Waals surface area contributed by atoms with Crippen molar-refractivity contribution in [2.75, 3.05) is 5.73 Å². The van der Waals surface area contributed by atoms with Gasteiger partial charge in [-0.05, 0) is 31.0 Å². The molecule has 0 saturated carbocycles. The Morgan fingerprint density at radius 1 is 1.38 bits per heavy atom. The number of aryl methyl sites for hydroxylation is 1. The van der Waals surface area contributed by atoms with Crippen molar-refractivity contribution in [3.05, 3.63) is 29.8 Å². The van der Waals surface area contributed by atoms with Crippen LogP contribution in [-0.2, 0) is 11.2 Å². The number of benzene rings is 1. The molecule has 0 unspecified atom stereocenters. The molecule has 16 heavy (non-hydrogen) atoms. The molecule has 0 aliphatic heterocycles. The van der Waals surface area contributed by atoms with Gasteiger partial charge in [0.25, 0.3) is 0 Å². The van der Waals surface area contributed by atoms with E-state index >= 15 is 0 Å². The van der Waals surface area contributed by atoms with Gasteiger partial charge in [0.2, 0.25) is 0 Å². The van der Waals surface area contributed by atoms with Crippen LogP contribution >= 0.6 is 0 Å². The number of carbonyl (C=O) groups excluding carboxylic acids is 1. The Hall–Kier alpha value is -1.75. The number of hydrogen-bond acceptors (Lipinski definition) is 2. The first-order valence-electron chi connectivity index (χ1n) is 5.48. The van der Waals surface area contributed by atoms with Gasteiger partial charge in [0, 0.05) is 24.9 Å². The van der Waals surface area contributed by atoms with Crippen LogP contribution in [0.2, 0.25) is 0 Å². The summed E-state index contributed by atoms with van der Waals surface area (Å²) >= 11 is 0. The largest absolute Gasteiger partial charge is 0.399 e. The monoisotopic (exact) mass is 215 g/mol. The van der Waals surface area contributed by atoms with Crippen molar-refractivity contribution in [3.8, 4) is 11.8 Å². The number of rotatable bonds is 5. The quantitative estimate of drug-likeness (QED) is 0.606. The molecule has 0 spiro atoms. The SMILES string of the molecule is CC#CCCC(=O)CCc1cccc(N)c1.